The molecule has 0 aliphatic rings. The third-order valence-electron chi connectivity index (χ3n) is 2.57. The first-order valence-electron chi connectivity index (χ1n) is 5.76. The Labute approximate surface area is 120 Å². The number of aromatic nitrogens is 1. The molecule has 0 radical (unpaired) electrons. The van der Waals surface area contributed by atoms with Crippen molar-refractivity contribution in [3.05, 3.63) is 58.3 Å². The van der Waals surface area contributed by atoms with Gasteiger partial charge in [-0.3, -0.25) is 14.8 Å². The van der Waals surface area contributed by atoms with Gasteiger partial charge in [0.05, 0.1) is 4.92 Å². The van der Waals surface area contributed by atoms with E-state index in [1.807, 2.05) is 0 Å². The molecule has 2 N–H and O–H groups in total. The molecule has 1 aromatic carbocycles. The van der Waals surface area contributed by atoms with Crippen LogP contribution < -0.4 is 4.72 Å². The van der Waals surface area contributed by atoms with Crippen molar-refractivity contribution in [2.45, 2.75) is 5.75 Å². The maximum Gasteiger partial charge on any atom is 0.273 e. The van der Waals surface area contributed by atoms with Crippen LogP contribution in [0.2, 0.25) is 0 Å². The standard InChI is InChI=1S/C12H11N3O5S/c16-11-6-3-7-13-12(11)14-21(19,20)8-9-4-1-2-5-10(9)15(17)18/h1-7,16H,8H2,(H,13,14). The van der Waals surface area contributed by atoms with Crippen LogP contribution in [-0.2, 0) is 15.8 Å². The molecular formula is C12H11N3O5S. The number of hydrogen-bond acceptors (Lipinski definition) is 6. The third kappa shape index (κ3) is 3.66. The van der Waals surface area contributed by atoms with Crippen molar-refractivity contribution in [2.24, 2.45) is 0 Å². The van der Waals surface area contributed by atoms with Crippen LogP contribution in [0, 0.1) is 10.1 Å². The number of para-hydroxylation sites is 1. The van der Waals surface area contributed by atoms with Crippen LogP contribution in [0.25, 0.3) is 0 Å². The van der Waals surface area contributed by atoms with Gasteiger partial charge in [-0.1, -0.05) is 18.2 Å². The summed E-state index contributed by atoms with van der Waals surface area (Å²) < 4.78 is 26.1. The van der Waals surface area contributed by atoms with E-state index in [2.05, 4.69) is 9.71 Å². The summed E-state index contributed by atoms with van der Waals surface area (Å²) in [6.45, 7) is 0. The number of anilines is 1. The highest BCUT2D eigenvalue weighted by Gasteiger charge is 2.20. The predicted molar refractivity (Wildman–Crippen MR) is 75.2 cm³/mol. The lowest BCUT2D eigenvalue weighted by Gasteiger charge is -2.08. The molecule has 0 bridgehead atoms. The van der Waals surface area contributed by atoms with E-state index in [1.54, 1.807) is 0 Å². The quantitative estimate of drug-likeness (QED) is 0.639. The Morgan fingerprint density at radius 3 is 2.62 bits per heavy atom. The summed E-state index contributed by atoms with van der Waals surface area (Å²) in [5.41, 5.74) is -0.237. The van der Waals surface area contributed by atoms with Gasteiger partial charge in [-0.05, 0) is 12.1 Å². The van der Waals surface area contributed by atoms with Gasteiger partial charge < -0.3 is 5.11 Å². The van der Waals surface area contributed by atoms with Crippen LogP contribution in [0.3, 0.4) is 0 Å². The molecule has 2 rings (SSSR count). The minimum atomic E-state index is -3.94. The molecule has 0 fully saturated rings. The summed E-state index contributed by atoms with van der Waals surface area (Å²) in [5, 5.41) is 20.3. The second kappa shape index (κ2) is 5.75. The maximum absolute atomic E-state index is 12.0. The topological polar surface area (TPSA) is 122 Å². The minimum Gasteiger partial charge on any atom is -0.504 e. The molecule has 0 amide bonds. The van der Waals surface area contributed by atoms with Crippen LogP contribution >= 0.6 is 0 Å². The molecule has 1 aromatic heterocycles. The number of nitro groups is 1. The number of nitrogens with one attached hydrogen (secondary N) is 1. The molecule has 9 heteroatoms. The summed E-state index contributed by atoms with van der Waals surface area (Å²) in [6.07, 6.45) is 1.31. The van der Waals surface area contributed by atoms with E-state index in [-0.39, 0.29) is 22.8 Å². The van der Waals surface area contributed by atoms with Gasteiger partial charge in [0.2, 0.25) is 10.0 Å². The first kappa shape index (κ1) is 14.7. The molecule has 0 saturated heterocycles. The molecule has 0 aliphatic heterocycles. The molecular weight excluding hydrogens is 298 g/mol. The SMILES string of the molecule is O=[N+]([O-])c1ccccc1CS(=O)(=O)Nc1ncccc1O. The maximum atomic E-state index is 12.0. The van der Waals surface area contributed by atoms with Crippen molar-refractivity contribution in [1.29, 1.82) is 0 Å². The molecule has 2 aromatic rings. The number of nitrogens with zero attached hydrogens (tertiary/aromatic N) is 2. The normalized spacial score (nSPS) is 11.0. The number of rotatable bonds is 5. The lowest BCUT2D eigenvalue weighted by atomic mass is 10.2. The van der Waals surface area contributed by atoms with Gasteiger partial charge in [0.25, 0.3) is 5.69 Å². The number of nitro benzene ring substituents is 1. The molecule has 0 unspecified atom stereocenters. The Morgan fingerprint density at radius 1 is 1.24 bits per heavy atom. The van der Waals surface area contributed by atoms with Crippen molar-refractivity contribution < 1.29 is 18.4 Å². The summed E-state index contributed by atoms with van der Waals surface area (Å²) in [5.74, 6) is -1.15. The average molecular weight is 309 g/mol. The fourth-order valence-electron chi connectivity index (χ4n) is 1.67. The summed E-state index contributed by atoms with van der Waals surface area (Å²) in [6, 6.07) is 8.26. The van der Waals surface area contributed by atoms with E-state index in [0.29, 0.717) is 0 Å². The van der Waals surface area contributed by atoms with E-state index in [1.165, 1.54) is 42.6 Å². The lowest BCUT2D eigenvalue weighted by molar-refractivity contribution is -0.385. The van der Waals surface area contributed by atoms with Gasteiger partial charge in [-0.25, -0.2) is 13.4 Å². The van der Waals surface area contributed by atoms with Crippen LogP contribution in [0.1, 0.15) is 5.56 Å². The van der Waals surface area contributed by atoms with E-state index < -0.39 is 20.7 Å². The van der Waals surface area contributed by atoms with Gasteiger partial charge in [0.1, 0.15) is 5.75 Å². The highest BCUT2D eigenvalue weighted by atomic mass is 32.2. The predicted octanol–water partition coefficient (Wildman–Crippen LogP) is 1.64. The number of benzene rings is 1. The molecule has 21 heavy (non-hydrogen) atoms. The number of hydrogen-bond donors (Lipinski definition) is 2. The van der Waals surface area contributed by atoms with Gasteiger partial charge in [0, 0.05) is 17.8 Å². The van der Waals surface area contributed by atoms with Crippen LogP contribution in [0.5, 0.6) is 5.75 Å². The molecule has 0 spiro atoms. The number of aromatic hydroxyl groups is 1. The second-order valence-electron chi connectivity index (χ2n) is 4.12. The van der Waals surface area contributed by atoms with Gasteiger partial charge in [-0.15, -0.1) is 0 Å². The molecule has 110 valence electrons. The lowest BCUT2D eigenvalue weighted by Crippen LogP contribution is -2.16. The van der Waals surface area contributed by atoms with Gasteiger partial charge in [0.15, 0.2) is 11.6 Å². The Balaban J connectivity index is 2.27. The summed E-state index contributed by atoms with van der Waals surface area (Å²) in [4.78, 5) is 13.9. The summed E-state index contributed by atoms with van der Waals surface area (Å²) >= 11 is 0. The Bertz CT molecular complexity index is 776. The van der Waals surface area contributed by atoms with Crippen molar-refractivity contribution in [1.82, 2.24) is 4.98 Å². The van der Waals surface area contributed by atoms with E-state index in [9.17, 15) is 23.6 Å². The van der Waals surface area contributed by atoms with Crippen molar-refractivity contribution in [3.8, 4) is 5.75 Å². The molecule has 0 saturated carbocycles. The van der Waals surface area contributed by atoms with Crippen LogP contribution in [0.4, 0.5) is 11.5 Å². The highest BCUT2D eigenvalue weighted by molar-refractivity contribution is 7.91. The largest absolute Gasteiger partial charge is 0.504 e. The fraction of sp³-hybridized carbons (Fsp3) is 0.0833. The Morgan fingerprint density at radius 2 is 1.95 bits per heavy atom. The molecule has 0 aliphatic carbocycles. The smallest absolute Gasteiger partial charge is 0.273 e. The highest BCUT2D eigenvalue weighted by Crippen LogP contribution is 2.23. The number of pyridine rings is 1. The molecule has 1 heterocycles. The van der Waals surface area contributed by atoms with Crippen LogP contribution in [0.15, 0.2) is 42.6 Å². The van der Waals surface area contributed by atoms with Gasteiger partial charge in [-0.2, -0.15) is 0 Å². The zero-order chi connectivity index (χ0) is 15.5. The van der Waals surface area contributed by atoms with Gasteiger partial charge >= 0.3 is 0 Å². The second-order valence-corrected chi connectivity index (χ2v) is 5.84. The fourth-order valence-corrected chi connectivity index (χ4v) is 2.85. The number of sulfonamides is 1. The third-order valence-corrected chi connectivity index (χ3v) is 3.77. The Kier molecular flexibility index (Phi) is 4.03. The first-order valence-corrected chi connectivity index (χ1v) is 7.41. The zero-order valence-electron chi connectivity index (χ0n) is 10.6. The van der Waals surface area contributed by atoms with Crippen molar-refractivity contribution >= 4 is 21.5 Å². The van der Waals surface area contributed by atoms with Crippen LogP contribution in [-0.4, -0.2) is 23.4 Å². The molecule has 8 nitrogen and oxygen atoms in total. The van der Waals surface area contributed by atoms with E-state index in [0.717, 1.165) is 0 Å². The van der Waals surface area contributed by atoms with Crippen molar-refractivity contribution in [2.75, 3.05) is 4.72 Å². The van der Waals surface area contributed by atoms with E-state index in [4.69, 9.17) is 0 Å². The first-order chi connectivity index (χ1) is 9.89. The average Bonchev–Trinajstić information content (AvgIpc) is 2.41. The summed E-state index contributed by atoms with van der Waals surface area (Å²) in [7, 11) is -3.94. The monoisotopic (exact) mass is 309 g/mol. The Hall–Kier alpha value is -2.68. The molecule has 0 atom stereocenters. The zero-order valence-corrected chi connectivity index (χ0v) is 11.4. The van der Waals surface area contributed by atoms with Crippen molar-refractivity contribution in [3.63, 3.8) is 0 Å². The van der Waals surface area contributed by atoms with E-state index >= 15 is 0 Å². The minimum absolute atomic E-state index is 0.0467.